The van der Waals surface area contributed by atoms with Crippen molar-refractivity contribution in [2.24, 2.45) is 7.05 Å². The molecule has 0 aliphatic carbocycles. The summed E-state index contributed by atoms with van der Waals surface area (Å²) in [6.45, 7) is 4.00. The lowest BCUT2D eigenvalue weighted by atomic mass is 10.1. The molecule has 0 aliphatic rings. The number of hydrogen-bond acceptors (Lipinski definition) is 4. The molecular weight excluding hydrogens is 292 g/mol. The molecular formula is C16H18N6O. The molecule has 3 rings (SSSR count). The number of nitrogens with zero attached hydrogens (tertiary/aromatic N) is 4. The third-order valence-electron chi connectivity index (χ3n) is 3.46. The van der Waals surface area contributed by atoms with E-state index in [2.05, 4.69) is 25.6 Å². The minimum atomic E-state index is -0.295. The lowest BCUT2D eigenvalue weighted by molar-refractivity contribution is 0.101. The number of carbonyl (C=O) groups excluding carboxylic acids is 1. The topological polar surface area (TPSA) is 88.5 Å². The molecule has 0 bridgehead atoms. The molecule has 1 aromatic carbocycles. The first-order valence-electron chi connectivity index (χ1n) is 7.37. The summed E-state index contributed by atoms with van der Waals surface area (Å²) >= 11 is 0. The van der Waals surface area contributed by atoms with Gasteiger partial charge in [-0.05, 0) is 6.07 Å². The summed E-state index contributed by atoms with van der Waals surface area (Å²) in [5.41, 5.74) is 2.15. The summed E-state index contributed by atoms with van der Waals surface area (Å²) in [5.74, 6) is 0.919. The van der Waals surface area contributed by atoms with Gasteiger partial charge < -0.3 is 0 Å². The molecule has 0 spiro atoms. The number of nitrogens with one attached hydrogen (secondary N) is 2. The maximum atomic E-state index is 12.4. The lowest BCUT2D eigenvalue weighted by Crippen LogP contribution is -2.16. The second-order valence-electron chi connectivity index (χ2n) is 5.56. The van der Waals surface area contributed by atoms with Crippen molar-refractivity contribution in [1.82, 2.24) is 25.0 Å². The van der Waals surface area contributed by atoms with Crippen LogP contribution in [0.4, 0.5) is 5.95 Å². The van der Waals surface area contributed by atoms with Crippen LogP contribution in [0.25, 0.3) is 11.3 Å². The quantitative estimate of drug-likeness (QED) is 0.775. The molecule has 2 heterocycles. The van der Waals surface area contributed by atoms with E-state index in [1.807, 2.05) is 44.2 Å². The Kier molecular flexibility index (Phi) is 3.92. The van der Waals surface area contributed by atoms with Crippen molar-refractivity contribution in [1.29, 1.82) is 0 Å². The van der Waals surface area contributed by atoms with Gasteiger partial charge in [0, 0.05) is 18.5 Å². The Bertz CT molecular complexity index is 818. The van der Waals surface area contributed by atoms with Gasteiger partial charge in [0.25, 0.3) is 5.91 Å². The van der Waals surface area contributed by atoms with Gasteiger partial charge in [0.05, 0.1) is 5.69 Å². The average Bonchev–Trinajstić information content (AvgIpc) is 3.15. The second kappa shape index (κ2) is 6.04. The van der Waals surface area contributed by atoms with Crippen LogP contribution in [-0.2, 0) is 7.05 Å². The third-order valence-corrected chi connectivity index (χ3v) is 3.46. The van der Waals surface area contributed by atoms with Gasteiger partial charge in [0.15, 0.2) is 0 Å². The van der Waals surface area contributed by atoms with Gasteiger partial charge in [-0.15, -0.1) is 5.10 Å². The van der Waals surface area contributed by atoms with Gasteiger partial charge in [0.1, 0.15) is 11.5 Å². The van der Waals surface area contributed by atoms with E-state index in [0.717, 1.165) is 17.1 Å². The van der Waals surface area contributed by atoms with Gasteiger partial charge in [-0.1, -0.05) is 44.2 Å². The predicted octanol–water partition coefficient (Wildman–Crippen LogP) is 2.58. The highest BCUT2D eigenvalue weighted by Crippen LogP contribution is 2.19. The van der Waals surface area contributed by atoms with Crippen LogP contribution in [0.15, 0.2) is 36.4 Å². The van der Waals surface area contributed by atoms with Crippen molar-refractivity contribution in [3.8, 4) is 11.3 Å². The SMILES string of the molecule is CC(C)c1nc(NC(=O)c2cc(-c3ccccc3)nn2C)n[nH]1. The normalized spacial score (nSPS) is 11.0. The number of amides is 1. The Labute approximate surface area is 133 Å². The molecule has 2 N–H and O–H groups in total. The Morgan fingerprint density at radius 1 is 1.26 bits per heavy atom. The van der Waals surface area contributed by atoms with Crippen LogP contribution >= 0.6 is 0 Å². The second-order valence-corrected chi connectivity index (χ2v) is 5.56. The molecule has 0 saturated heterocycles. The maximum Gasteiger partial charge on any atom is 0.276 e. The van der Waals surface area contributed by atoms with Crippen LogP contribution in [0.2, 0.25) is 0 Å². The number of anilines is 1. The highest BCUT2D eigenvalue weighted by Gasteiger charge is 2.16. The summed E-state index contributed by atoms with van der Waals surface area (Å²) in [6, 6.07) is 11.5. The number of carbonyl (C=O) groups is 1. The number of H-pyrrole nitrogens is 1. The van der Waals surface area contributed by atoms with Crippen LogP contribution < -0.4 is 5.32 Å². The van der Waals surface area contributed by atoms with E-state index >= 15 is 0 Å². The zero-order valence-electron chi connectivity index (χ0n) is 13.2. The number of rotatable bonds is 4. The molecule has 23 heavy (non-hydrogen) atoms. The van der Waals surface area contributed by atoms with E-state index in [1.165, 1.54) is 0 Å². The van der Waals surface area contributed by atoms with Crippen molar-refractivity contribution in [3.63, 3.8) is 0 Å². The molecule has 0 saturated carbocycles. The molecule has 0 radical (unpaired) electrons. The van der Waals surface area contributed by atoms with Gasteiger partial charge in [-0.2, -0.15) is 10.1 Å². The summed E-state index contributed by atoms with van der Waals surface area (Å²) in [6.07, 6.45) is 0. The molecule has 0 atom stereocenters. The molecule has 2 aromatic heterocycles. The Hall–Kier alpha value is -2.96. The van der Waals surface area contributed by atoms with Crippen LogP contribution in [0.1, 0.15) is 36.1 Å². The Morgan fingerprint density at radius 3 is 2.65 bits per heavy atom. The van der Waals surface area contributed by atoms with Crippen LogP contribution in [0.5, 0.6) is 0 Å². The Balaban J connectivity index is 1.81. The fraction of sp³-hybridized carbons (Fsp3) is 0.250. The summed E-state index contributed by atoms with van der Waals surface area (Å²) in [5, 5.41) is 13.9. The Morgan fingerprint density at radius 2 is 2.00 bits per heavy atom. The molecule has 3 aromatic rings. The van der Waals surface area contributed by atoms with Crippen molar-refractivity contribution >= 4 is 11.9 Å². The van der Waals surface area contributed by atoms with Crippen molar-refractivity contribution in [3.05, 3.63) is 47.9 Å². The van der Waals surface area contributed by atoms with E-state index < -0.39 is 0 Å². The molecule has 7 nitrogen and oxygen atoms in total. The molecule has 0 aliphatic heterocycles. The zero-order valence-corrected chi connectivity index (χ0v) is 13.2. The standard InChI is InChI=1S/C16H18N6O/c1-10(2)14-17-16(20-19-14)18-15(23)13-9-12(21-22(13)3)11-7-5-4-6-8-11/h4-10H,1-3H3,(H2,17,18,19,20,23). The first kappa shape index (κ1) is 15.0. The summed E-state index contributed by atoms with van der Waals surface area (Å²) in [4.78, 5) is 16.6. The smallest absolute Gasteiger partial charge is 0.276 e. The molecule has 1 amide bonds. The minimum absolute atomic E-state index is 0.217. The van der Waals surface area contributed by atoms with Gasteiger partial charge in [-0.25, -0.2) is 0 Å². The first-order valence-corrected chi connectivity index (χ1v) is 7.37. The zero-order chi connectivity index (χ0) is 16.4. The molecule has 7 heteroatoms. The van der Waals surface area contributed by atoms with E-state index in [0.29, 0.717) is 5.69 Å². The largest absolute Gasteiger partial charge is 0.288 e. The third kappa shape index (κ3) is 3.13. The summed E-state index contributed by atoms with van der Waals surface area (Å²) in [7, 11) is 1.73. The van der Waals surface area contributed by atoms with Crippen molar-refractivity contribution in [2.75, 3.05) is 5.32 Å². The number of aryl methyl sites for hydroxylation is 1. The monoisotopic (exact) mass is 310 g/mol. The first-order chi connectivity index (χ1) is 11.0. The fourth-order valence-corrected chi connectivity index (χ4v) is 2.18. The van der Waals surface area contributed by atoms with E-state index in [4.69, 9.17) is 0 Å². The number of benzene rings is 1. The van der Waals surface area contributed by atoms with Crippen LogP contribution in [-0.4, -0.2) is 30.9 Å². The number of aromatic nitrogens is 5. The van der Waals surface area contributed by atoms with E-state index in [1.54, 1.807) is 17.8 Å². The van der Waals surface area contributed by atoms with Crippen molar-refractivity contribution < 1.29 is 4.79 Å². The van der Waals surface area contributed by atoms with Gasteiger partial charge in [0.2, 0.25) is 5.95 Å². The number of aromatic amines is 1. The highest BCUT2D eigenvalue weighted by molar-refractivity contribution is 6.02. The highest BCUT2D eigenvalue weighted by atomic mass is 16.2. The molecule has 118 valence electrons. The maximum absolute atomic E-state index is 12.4. The van der Waals surface area contributed by atoms with Gasteiger partial charge in [-0.3, -0.25) is 19.9 Å². The van der Waals surface area contributed by atoms with E-state index in [-0.39, 0.29) is 17.8 Å². The van der Waals surface area contributed by atoms with Gasteiger partial charge >= 0.3 is 0 Å². The van der Waals surface area contributed by atoms with Crippen LogP contribution in [0, 0.1) is 0 Å². The molecule has 0 fully saturated rings. The minimum Gasteiger partial charge on any atom is -0.288 e. The summed E-state index contributed by atoms with van der Waals surface area (Å²) < 4.78 is 1.55. The van der Waals surface area contributed by atoms with Crippen molar-refractivity contribution in [2.45, 2.75) is 19.8 Å². The molecule has 0 unspecified atom stereocenters. The average molecular weight is 310 g/mol. The van der Waals surface area contributed by atoms with E-state index in [9.17, 15) is 4.79 Å². The number of hydrogen-bond donors (Lipinski definition) is 2. The predicted molar refractivity (Wildman–Crippen MR) is 87.1 cm³/mol. The van der Waals surface area contributed by atoms with Crippen LogP contribution in [0.3, 0.4) is 0 Å². The fourth-order valence-electron chi connectivity index (χ4n) is 2.18. The lowest BCUT2D eigenvalue weighted by Gasteiger charge is -2.00.